The highest BCUT2D eigenvalue weighted by molar-refractivity contribution is 6.04. The van der Waals surface area contributed by atoms with Crippen molar-refractivity contribution in [1.82, 2.24) is 14.7 Å². The molecular formula is C26H36N4O4. The first kappa shape index (κ1) is 24.3. The van der Waals surface area contributed by atoms with Gasteiger partial charge in [0.15, 0.2) is 0 Å². The summed E-state index contributed by atoms with van der Waals surface area (Å²) in [4.78, 5) is 27.8. The Labute approximate surface area is 201 Å². The highest BCUT2D eigenvalue weighted by Crippen LogP contribution is 2.46. The summed E-state index contributed by atoms with van der Waals surface area (Å²) >= 11 is 0. The number of rotatable bonds is 7. The smallest absolute Gasteiger partial charge is 0.410 e. The molecule has 0 bridgehead atoms. The first-order valence-corrected chi connectivity index (χ1v) is 12.2. The normalized spacial score (nSPS) is 20.6. The van der Waals surface area contributed by atoms with Crippen molar-refractivity contribution in [3.63, 3.8) is 0 Å². The van der Waals surface area contributed by atoms with E-state index in [2.05, 4.69) is 10.4 Å². The summed E-state index contributed by atoms with van der Waals surface area (Å²) < 4.78 is 13.0. The molecule has 1 saturated carbocycles. The lowest BCUT2D eigenvalue weighted by Gasteiger charge is -2.32. The zero-order valence-corrected chi connectivity index (χ0v) is 20.6. The van der Waals surface area contributed by atoms with Gasteiger partial charge in [0.25, 0.3) is 5.91 Å². The summed E-state index contributed by atoms with van der Waals surface area (Å²) in [6, 6.07) is 7.78. The monoisotopic (exact) mass is 468 g/mol. The number of carbonyl (C=O) groups excluding carboxylic acids is 2. The second kappa shape index (κ2) is 10.2. The Balaban J connectivity index is 1.45. The number of aromatic nitrogens is 2. The van der Waals surface area contributed by atoms with E-state index in [9.17, 15) is 9.59 Å². The highest BCUT2D eigenvalue weighted by atomic mass is 16.6. The molecule has 0 spiro atoms. The SMILES string of the molecule is CCn1cc(NC(=O)c2cccc([C@@H]3C[C@H]3N(CC3CCOCC3)C(=O)OC(C)(C)C)c2)cn1. The van der Waals surface area contributed by atoms with Gasteiger partial charge in [0, 0.05) is 50.0 Å². The van der Waals surface area contributed by atoms with Crippen molar-refractivity contribution in [1.29, 1.82) is 0 Å². The molecule has 2 amide bonds. The van der Waals surface area contributed by atoms with Gasteiger partial charge in [0.05, 0.1) is 11.9 Å². The highest BCUT2D eigenvalue weighted by Gasteiger charge is 2.46. The molecule has 0 radical (unpaired) electrons. The number of aryl methyl sites for hydroxylation is 1. The van der Waals surface area contributed by atoms with E-state index in [0.29, 0.717) is 23.7 Å². The maximum Gasteiger partial charge on any atom is 0.410 e. The molecule has 0 unspecified atom stereocenters. The molecule has 2 aliphatic rings. The van der Waals surface area contributed by atoms with Crippen LogP contribution in [-0.2, 0) is 16.0 Å². The Hall–Kier alpha value is -2.87. The molecule has 4 rings (SSSR count). The van der Waals surface area contributed by atoms with Crippen LogP contribution >= 0.6 is 0 Å². The number of anilines is 1. The van der Waals surface area contributed by atoms with E-state index in [1.807, 2.05) is 63.1 Å². The first-order chi connectivity index (χ1) is 16.2. The summed E-state index contributed by atoms with van der Waals surface area (Å²) in [6.45, 7) is 10.6. The van der Waals surface area contributed by atoms with E-state index in [1.54, 1.807) is 10.9 Å². The molecule has 1 saturated heterocycles. The molecule has 8 heteroatoms. The van der Waals surface area contributed by atoms with Crippen LogP contribution in [0, 0.1) is 5.92 Å². The van der Waals surface area contributed by atoms with Gasteiger partial charge in [-0.2, -0.15) is 5.10 Å². The minimum Gasteiger partial charge on any atom is -0.444 e. The number of nitrogens with one attached hydrogen (secondary N) is 1. The van der Waals surface area contributed by atoms with Gasteiger partial charge in [-0.25, -0.2) is 4.79 Å². The Morgan fingerprint density at radius 1 is 1.26 bits per heavy atom. The van der Waals surface area contributed by atoms with Crippen molar-refractivity contribution in [3.8, 4) is 0 Å². The van der Waals surface area contributed by atoms with Crippen LogP contribution in [0.4, 0.5) is 10.5 Å². The number of hydrogen-bond acceptors (Lipinski definition) is 5. The maximum absolute atomic E-state index is 13.1. The summed E-state index contributed by atoms with van der Waals surface area (Å²) in [5, 5.41) is 7.11. The fraction of sp³-hybridized carbons (Fsp3) is 0.577. The lowest BCUT2D eigenvalue weighted by molar-refractivity contribution is 0.0100. The molecule has 34 heavy (non-hydrogen) atoms. The van der Waals surface area contributed by atoms with E-state index in [4.69, 9.17) is 9.47 Å². The molecule has 2 atom stereocenters. The van der Waals surface area contributed by atoms with E-state index >= 15 is 0 Å². The molecule has 2 heterocycles. The molecular weight excluding hydrogens is 432 g/mol. The van der Waals surface area contributed by atoms with Gasteiger partial charge >= 0.3 is 6.09 Å². The van der Waals surface area contributed by atoms with Crippen LogP contribution in [0.5, 0.6) is 0 Å². The summed E-state index contributed by atoms with van der Waals surface area (Å²) in [7, 11) is 0. The van der Waals surface area contributed by atoms with Crippen molar-refractivity contribution in [3.05, 3.63) is 47.8 Å². The van der Waals surface area contributed by atoms with Gasteiger partial charge < -0.3 is 19.7 Å². The van der Waals surface area contributed by atoms with Crippen LogP contribution in [0.25, 0.3) is 0 Å². The molecule has 1 aliphatic carbocycles. The standard InChI is InChI=1S/C26H36N4O4/c1-5-29-17-21(15-27-29)28-24(31)20-8-6-7-19(13-20)22-14-23(22)30(25(32)34-26(2,3)4)16-18-9-11-33-12-10-18/h6-8,13,15,17-18,22-23H,5,9-12,14,16H2,1-4H3,(H,28,31)/t22-,23+/m0/s1. The number of nitrogens with zero attached hydrogens (tertiary/aromatic N) is 3. The zero-order valence-electron chi connectivity index (χ0n) is 20.6. The zero-order chi connectivity index (χ0) is 24.3. The van der Waals surface area contributed by atoms with Gasteiger partial charge in [-0.1, -0.05) is 12.1 Å². The average molecular weight is 469 g/mol. The van der Waals surface area contributed by atoms with E-state index in [0.717, 1.165) is 44.6 Å². The average Bonchev–Trinajstić information content (AvgIpc) is 3.47. The Morgan fingerprint density at radius 3 is 2.71 bits per heavy atom. The number of amides is 2. The predicted molar refractivity (Wildman–Crippen MR) is 130 cm³/mol. The van der Waals surface area contributed by atoms with Crippen LogP contribution in [0.2, 0.25) is 0 Å². The van der Waals surface area contributed by atoms with Gasteiger partial charge in [0.2, 0.25) is 0 Å². The van der Waals surface area contributed by atoms with E-state index in [1.165, 1.54) is 0 Å². The minimum absolute atomic E-state index is 0.0822. The van der Waals surface area contributed by atoms with Crippen LogP contribution in [0.15, 0.2) is 36.7 Å². The quantitative estimate of drug-likeness (QED) is 0.638. The maximum atomic E-state index is 13.1. The lowest BCUT2D eigenvalue weighted by Crippen LogP contribution is -2.42. The van der Waals surface area contributed by atoms with Crippen molar-refractivity contribution in [2.45, 2.75) is 71.1 Å². The minimum atomic E-state index is -0.543. The van der Waals surface area contributed by atoms with Gasteiger partial charge in [0.1, 0.15) is 5.60 Å². The first-order valence-electron chi connectivity index (χ1n) is 12.2. The van der Waals surface area contributed by atoms with Crippen molar-refractivity contribution < 1.29 is 19.1 Å². The van der Waals surface area contributed by atoms with Gasteiger partial charge in [-0.15, -0.1) is 0 Å². The Kier molecular flexibility index (Phi) is 7.26. The summed E-state index contributed by atoms with van der Waals surface area (Å²) in [5.74, 6) is 0.451. The Morgan fingerprint density at radius 2 is 2.03 bits per heavy atom. The van der Waals surface area contributed by atoms with E-state index < -0.39 is 5.60 Å². The van der Waals surface area contributed by atoms with Crippen LogP contribution in [0.1, 0.15) is 68.8 Å². The molecule has 8 nitrogen and oxygen atoms in total. The van der Waals surface area contributed by atoms with Gasteiger partial charge in [-0.05, 0) is 70.6 Å². The second-order valence-electron chi connectivity index (χ2n) is 10.3. The predicted octanol–water partition coefficient (Wildman–Crippen LogP) is 4.67. The topological polar surface area (TPSA) is 85.7 Å². The number of hydrogen-bond donors (Lipinski definition) is 1. The van der Waals surface area contributed by atoms with Crippen molar-refractivity contribution in [2.24, 2.45) is 5.92 Å². The molecule has 2 fully saturated rings. The lowest BCUT2D eigenvalue weighted by atomic mass is 9.99. The van der Waals surface area contributed by atoms with Crippen LogP contribution in [0.3, 0.4) is 0 Å². The number of benzene rings is 1. The third kappa shape index (κ3) is 6.17. The fourth-order valence-electron chi connectivity index (χ4n) is 4.47. The van der Waals surface area contributed by atoms with Crippen molar-refractivity contribution >= 4 is 17.7 Å². The largest absolute Gasteiger partial charge is 0.444 e. The molecule has 1 aromatic heterocycles. The fourth-order valence-corrected chi connectivity index (χ4v) is 4.47. The molecule has 2 aromatic rings. The van der Waals surface area contributed by atoms with Crippen LogP contribution in [-0.4, -0.2) is 58.1 Å². The van der Waals surface area contributed by atoms with Crippen LogP contribution < -0.4 is 5.32 Å². The molecule has 1 N–H and O–H groups in total. The number of carbonyl (C=O) groups is 2. The molecule has 1 aromatic carbocycles. The summed E-state index contributed by atoms with van der Waals surface area (Å²) in [5.41, 5.74) is 1.80. The van der Waals surface area contributed by atoms with Gasteiger partial charge in [-0.3, -0.25) is 9.48 Å². The Bertz CT molecular complexity index is 1010. The van der Waals surface area contributed by atoms with Crippen molar-refractivity contribution in [2.75, 3.05) is 25.1 Å². The van der Waals surface area contributed by atoms with E-state index in [-0.39, 0.29) is 24.0 Å². The second-order valence-corrected chi connectivity index (χ2v) is 10.3. The molecule has 1 aliphatic heterocycles. The third-order valence-corrected chi connectivity index (χ3v) is 6.37. The summed E-state index contributed by atoms with van der Waals surface area (Å²) in [6.07, 6.45) is 6.00. The molecule has 184 valence electrons. The number of ether oxygens (including phenoxy) is 2. The third-order valence-electron chi connectivity index (χ3n) is 6.37.